The van der Waals surface area contributed by atoms with Crippen LogP contribution in [-0.2, 0) is 0 Å². The summed E-state index contributed by atoms with van der Waals surface area (Å²) in [5.74, 6) is -0.122. The molecule has 10 heteroatoms. The summed E-state index contributed by atoms with van der Waals surface area (Å²) in [5.41, 5.74) is 0.488. The zero-order valence-electron chi connectivity index (χ0n) is 18.1. The van der Waals surface area contributed by atoms with Gasteiger partial charge in [0.2, 0.25) is 11.7 Å². The van der Waals surface area contributed by atoms with E-state index < -0.39 is 23.7 Å². The van der Waals surface area contributed by atoms with E-state index >= 15 is 0 Å². The molecule has 0 bridgehead atoms. The molecule has 0 fully saturated rings. The maximum atomic E-state index is 13.9. The molecule has 0 radical (unpaired) electrons. The number of amides is 2. The third-order valence-electron chi connectivity index (χ3n) is 5.03. The van der Waals surface area contributed by atoms with Crippen molar-refractivity contribution in [1.82, 2.24) is 15.5 Å². The van der Waals surface area contributed by atoms with Crippen molar-refractivity contribution in [2.45, 2.75) is 26.3 Å². The van der Waals surface area contributed by atoms with Crippen LogP contribution in [0.3, 0.4) is 0 Å². The van der Waals surface area contributed by atoms with Crippen LogP contribution in [0.1, 0.15) is 32.2 Å². The lowest BCUT2D eigenvalue weighted by molar-refractivity contribution is 0.232. The summed E-state index contributed by atoms with van der Waals surface area (Å²) in [5, 5.41) is 9.11. The predicted molar refractivity (Wildman–Crippen MR) is 114 cm³/mol. The fraction of sp³-hybridized carbons (Fsp3) is 0.318. The fourth-order valence-corrected chi connectivity index (χ4v) is 3.03. The van der Waals surface area contributed by atoms with Crippen molar-refractivity contribution >= 4 is 11.7 Å². The number of ether oxygens (including phenoxy) is 2. The van der Waals surface area contributed by atoms with Gasteiger partial charge in [0, 0.05) is 11.6 Å². The maximum Gasteiger partial charge on any atom is 0.319 e. The summed E-state index contributed by atoms with van der Waals surface area (Å²) in [6.45, 7) is 3.85. The van der Waals surface area contributed by atoms with Crippen LogP contribution in [0.2, 0.25) is 0 Å². The molecule has 170 valence electrons. The van der Waals surface area contributed by atoms with E-state index in [9.17, 15) is 13.6 Å². The first-order valence-electron chi connectivity index (χ1n) is 9.94. The van der Waals surface area contributed by atoms with Gasteiger partial charge in [0.05, 0.1) is 19.9 Å². The Balaban J connectivity index is 1.81. The van der Waals surface area contributed by atoms with Crippen molar-refractivity contribution in [2.24, 2.45) is 5.92 Å². The minimum absolute atomic E-state index is 0.0717. The van der Waals surface area contributed by atoms with E-state index in [2.05, 4.69) is 20.8 Å². The smallest absolute Gasteiger partial charge is 0.319 e. The minimum atomic E-state index is -0.881. The van der Waals surface area contributed by atoms with E-state index in [1.165, 1.54) is 14.2 Å². The van der Waals surface area contributed by atoms with Crippen LogP contribution < -0.4 is 20.1 Å². The second-order valence-electron chi connectivity index (χ2n) is 7.11. The summed E-state index contributed by atoms with van der Waals surface area (Å²) < 4.78 is 42.9. The van der Waals surface area contributed by atoms with Gasteiger partial charge in [-0.05, 0) is 36.2 Å². The first kappa shape index (κ1) is 23.0. The molecule has 0 saturated heterocycles. The number of methoxy groups -OCH3 is 2. The highest BCUT2D eigenvalue weighted by molar-refractivity contribution is 5.89. The normalized spacial score (nSPS) is 12.7. The molecule has 3 aromatic rings. The van der Waals surface area contributed by atoms with Crippen LogP contribution in [0.25, 0.3) is 11.4 Å². The number of hydrogen-bond acceptors (Lipinski definition) is 6. The van der Waals surface area contributed by atoms with Crippen molar-refractivity contribution in [1.29, 1.82) is 0 Å². The highest BCUT2D eigenvalue weighted by Crippen LogP contribution is 2.32. The molecule has 0 aliphatic rings. The molecule has 0 unspecified atom stereocenters. The minimum Gasteiger partial charge on any atom is -0.493 e. The topological polar surface area (TPSA) is 98.5 Å². The van der Waals surface area contributed by atoms with Crippen molar-refractivity contribution in [3.05, 3.63) is 53.9 Å². The number of anilines is 1. The molecule has 3 rings (SSSR count). The molecule has 8 nitrogen and oxygen atoms in total. The fourth-order valence-electron chi connectivity index (χ4n) is 3.03. The number of halogens is 2. The molecule has 0 aliphatic heterocycles. The molecule has 2 N–H and O–H groups in total. The standard InChI is InChI=1S/C22H24F2N4O4/c1-5-12(2)19(26-22(29)25-16-8-7-14(23)11-15(16)24)21-27-20(28-32-21)13-6-9-17(30-3)18(10-13)31-4/h6-12,19H,5H2,1-4H3,(H2,25,26,29)/t12-,19-/m1/s1. The third-order valence-corrected chi connectivity index (χ3v) is 5.03. The number of nitrogens with zero attached hydrogens (tertiary/aromatic N) is 2. The van der Waals surface area contributed by atoms with E-state index in [1.54, 1.807) is 18.2 Å². The molecule has 2 atom stereocenters. The zero-order valence-corrected chi connectivity index (χ0v) is 18.1. The Morgan fingerprint density at radius 1 is 1.12 bits per heavy atom. The van der Waals surface area contributed by atoms with Gasteiger partial charge in [0.25, 0.3) is 0 Å². The van der Waals surface area contributed by atoms with Crippen LogP contribution >= 0.6 is 0 Å². The summed E-state index contributed by atoms with van der Waals surface area (Å²) in [7, 11) is 3.06. The van der Waals surface area contributed by atoms with Crippen LogP contribution in [0, 0.1) is 17.6 Å². The number of carbonyl (C=O) groups excluding carboxylic acids is 1. The largest absolute Gasteiger partial charge is 0.493 e. The first-order valence-corrected chi connectivity index (χ1v) is 9.94. The molecule has 2 amide bonds. The number of carbonyl (C=O) groups is 1. The summed E-state index contributed by atoms with van der Waals surface area (Å²) in [6, 6.07) is 6.75. The predicted octanol–water partition coefficient (Wildman–Crippen LogP) is 4.94. The van der Waals surface area contributed by atoms with Crippen LogP contribution in [0.5, 0.6) is 11.5 Å². The summed E-state index contributed by atoms with van der Waals surface area (Å²) in [4.78, 5) is 16.9. The lowest BCUT2D eigenvalue weighted by Gasteiger charge is -2.21. The van der Waals surface area contributed by atoms with Gasteiger partial charge >= 0.3 is 6.03 Å². The Bertz CT molecular complexity index is 1090. The van der Waals surface area contributed by atoms with Gasteiger partial charge in [0.1, 0.15) is 17.7 Å². The third kappa shape index (κ3) is 5.13. The quantitative estimate of drug-likeness (QED) is 0.509. The molecular formula is C22H24F2N4O4. The lowest BCUT2D eigenvalue weighted by Crippen LogP contribution is -2.36. The highest BCUT2D eigenvalue weighted by atomic mass is 19.1. The Labute approximate surface area is 183 Å². The molecule has 1 aromatic heterocycles. The Morgan fingerprint density at radius 2 is 1.88 bits per heavy atom. The van der Waals surface area contributed by atoms with Gasteiger partial charge in [0.15, 0.2) is 11.5 Å². The Kier molecular flexibility index (Phi) is 7.24. The molecule has 0 saturated carbocycles. The second kappa shape index (κ2) is 10.1. The molecule has 1 heterocycles. The van der Waals surface area contributed by atoms with Crippen molar-refractivity contribution in [3.8, 4) is 22.9 Å². The summed E-state index contributed by atoms with van der Waals surface area (Å²) >= 11 is 0. The number of rotatable bonds is 8. The average Bonchev–Trinajstić information content (AvgIpc) is 3.28. The first-order chi connectivity index (χ1) is 15.4. The molecule has 32 heavy (non-hydrogen) atoms. The van der Waals surface area contributed by atoms with E-state index in [0.717, 1.165) is 12.1 Å². The van der Waals surface area contributed by atoms with Gasteiger partial charge in [-0.25, -0.2) is 13.6 Å². The van der Waals surface area contributed by atoms with Gasteiger partial charge < -0.3 is 24.6 Å². The van der Waals surface area contributed by atoms with Gasteiger partial charge in [-0.15, -0.1) is 0 Å². The molecular weight excluding hydrogens is 422 g/mol. The maximum absolute atomic E-state index is 13.9. The van der Waals surface area contributed by atoms with E-state index in [-0.39, 0.29) is 17.5 Å². The zero-order chi connectivity index (χ0) is 23.3. The van der Waals surface area contributed by atoms with E-state index in [1.807, 2.05) is 13.8 Å². The number of urea groups is 1. The number of benzene rings is 2. The van der Waals surface area contributed by atoms with Crippen LogP contribution in [0.4, 0.5) is 19.3 Å². The monoisotopic (exact) mass is 446 g/mol. The van der Waals surface area contributed by atoms with Crippen molar-refractivity contribution in [2.75, 3.05) is 19.5 Å². The SMILES string of the molecule is CC[C@@H](C)[C@@H](NC(=O)Nc1ccc(F)cc1F)c1nc(-c2ccc(OC)c(OC)c2)no1. The number of nitrogens with one attached hydrogen (secondary N) is 2. The molecule has 0 aliphatic carbocycles. The van der Waals surface area contributed by atoms with Crippen molar-refractivity contribution in [3.63, 3.8) is 0 Å². The van der Waals surface area contributed by atoms with Crippen LogP contribution in [0.15, 0.2) is 40.9 Å². The van der Waals surface area contributed by atoms with Crippen LogP contribution in [-0.4, -0.2) is 30.4 Å². The number of aromatic nitrogens is 2. The second-order valence-corrected chi connectivity index (χ2v) is 7.11. The van der Waals surface area contributed by atoms with Gasteiger partial charge in [-0.2, -0.15) is 4.98 Å². The lowest BCUT2D eigenvalue weighted by atomic mass is 9.99. The Morgan fingerprint density at radius 3 is 2.53 bits per heavy atom. The molecule has 2 aromatic carbocycles. The molecule has 0 spiro atoms. The van der Waals surface area contributed by atoms with Crippen molar-refractivity contribution < 1.29 is 27.6 Å². The summed E-state index contributed by atoms with van der Waals surface area (Å²) in [6.07, 6.45) is 0.698. The van der Waals surface area contributed by atoms with Gasteiger partial charge in [-0.3, -0.25) is 0 Å². The van der Waals surface area contributed by atoms with E-state index in [4.69, 9.17) is 14.0 Å². The van der Waals surface area contributed by atoms with E-state index in [0.29, 0.717) is 35.4 Å². The Hall–Kier alpha value is -3.69. The van der Waals surface area contributed by atoms with Gasteiger partial charge in [-0.1, -0.05) is 25.4 Å². The average molecular weight is 446 g/mol. The highest BCUT2D eigenvalue weighted by Gasteiger charge is 2.27. The number of hydrogen-bond donors (Lipinski definition) is 2.